The minimum Gasteiger partial charge on any atom is -0.362 e. The number of thiazole rings is 1. The molecule has 0 aromatic carbocycles. The molecule has 21 heavy (non-hydrogen) atoms. The molecule has 3 amide bonds. The third kappa shape index (κ3) is 2.62. The Kier molecular flexibility index (Phi) is 3.84. The molecule has 2 fully saturated rings. The lowest BCUT2D eigenvalue weighted by Crippen LogP contribution is -2.44. The number of nitrogens with zero attached hydrogens (tertiary/aromatic N) is 2. The lowest BCUT2D eigenvalue weighted by molar-refractivity contribution is -0.131. The molecule has 7 heteroatoms. The quantitative estimate of drug-likeness (QED) is 0.819. The summed E-state index contributed by atoms with van der Waals surface area (Å²) in [5.74, 6) is -0.0681. The van der Waals surface area contributed by atoms with E-state index >= 15 is 0 Å². The van der Waals surface area contributed by atoms with Gasteiger partial charge >= 0.3 is 6.03 Å². The van der Waals surface area contributed by atoms with E-state index < -0.39 is 5.54 Å². The molecule has 2 aliphatic rings. The lowest BCUT2D eigenvalue weighted by atomic mass is 9.98. The Balaban J connectivity index is 1.68. The fourth-order valence-electron chi connectivity index (χ4n) is 2.99. The van der Waals surface area contributed by atoms with Crippen molar-refractivity contribution in [2.75, 3.05) is 11.9 Å². The van der Waals surface area contributed by atoms with Crippen molar-refractivity contribution in [3.05, 3.63) is 11.1 Å². The number of aromatic nitrogens is 1. The van der Waals surface area contributed by atoms with E-state index in [2.05, 4.69) is 22.5 Å². The molecule has 0 unspecified atom stereocenters. The van der Waals surface area contributed by atoms with Crippen LogP contribution in [-0.4, -0.2) is 33.9 Å². The topological polar surface area (TPSA) is 74.3 Å². The standard InChI is InChI=1S/C14H20N4O2S/c1-2-7-15-12-16-8-10(21-12)9-18-11(19)14(17-13(18)20)5-3-4-6-14/h8H,2-7,9H2,1H3,(H,15,16)(H,17,20). The molecule has 0 radical (unpaired) electrons. The molecule has 3 rings (SSSR count). The average Bonchev–Trinajstić information content (AvgIpc) is 3.15. The van der Waals surface area contributed by atoms with Crippen molar-refractivity contribution >= 4 is 28.4 Å². The molecule has 0 bridgehead atoms. The van der Waals surface area contributed by atoms with Crippen LogP contribution in [0.5, 0.6) is 0 Å². The van der Waals surface area contributed by atoms with E-state index in [1.807, 2.05) is 0 Å². The fraction of sp³-hybridized carbons (Fsp3) is 0.643. The second-order valence-corrected chi connectivity index (χ2v) is 6.78. The van der Waals surface area contributed by atoms with Crippen LogP contribution in [0.15, 0.2) is 6.20 Å². The van der Waals surface area contributed by atoms with Crippen LogP contribution in [0.25, 0.3) is 0 Å². The van der Waals surface area contributed by atoms with E-state index in [1.54, 1.807) is 6.20 Å². The molecule has 114 valence electrons. The molecule has 1 aromatic rings. The molecule has 1 saturated carbocycles. The van der Waals surface area contributed by atoms with Crippen LogP contribution >= 0.6 is 11.3 Å². The molecule has 1 aliphatic heterocycles. The Morgan fingerprint density at radius 2 is 2.19 bits per heavy atom. The summed E-state index contributed by atoms with van der Waals surface area (Å²) in [6.45, 7) is 3.28. The largest absolute Gasteiger partial charge is 0.362 e. The summed E-state index contributed by atoms with van der Waals surface area (Å²) in [6, 6.07) is -0.265. The highest BCUT2D eigenvalue weighted by Gasteiger charge is 2.52. The number of hydrogen-bond acceptors (Lipinski definition) is 5. The summed E-state index contributed by atoms with van der Waals surface area (Å²) in [6.07, 6.45) is 6.31. The summed E-state index contributed by atoms with van der Waals surface area (Å²) in [4.78, 5) is 31.2. The highest BCUT2D eigenvalue weighted by atomic mass is 32.1. The number of hydrogen-bond donors (Lipinski definition) is 2. The average molecular weight is 308 g/mol. The molecule has 0 atom stereocenters. The highest BCUT2D eigenvalue weighted by Crippen LogP contribution is 2.36. The van der Waals surface area contributed by atoms with Gasteiger partial charge in [0.05, 0.1) is 6.54 Å². The number of amides is 3. The predicted molar refractivity (Wildman–Crippen MR) is 81.2 cm³/mol. The number of urea groups is 1. The van der Waals surface area contributed by atoms with E-state index in [4.69, 9.17) is 0 Å². The monoisotopic (exact) mass is 308 g/mol. The van der Waals surface area contributed by atoms with E-state index in [-0.39, 0.29) is 11.9 Å². The normalized spacial score (nSPS) is 20.3. The summed E-state index contributed by atoms with van der Waals surface area (Å²) in [5, 5.41) is 6.95. The summed E-state index contributed by atoms with van der Waals surface area (Å²) in [7, 11) is 0. The maximum atomic E-state index is 12.5. The van der Waals surface area contributed by atoms with Crippen molar-refractivity contribution < 1.29 is 9.59 Å². The number of rotatable bonds is 5. The zero-order valence-corrected chi connectivity index (χ0v) is 13.0. The van der Waals surface area contributed by atoms with Gasteiger partial charge in [0.2, 0.25) is 0 Å². The molecule has 1 saturated heterocycles. The Morgan fingerprint density at radius 3 is 2.90 bits per heavy atom. The molecular weight excluding hydrogens is 288 g/mol. The third-order valence-electron chi connectivity index (χ3n) is 4.10. The zero-order chi connectivity index (χ0) is 14.9. The minimum absolute atomic E-state index is 0.0681. The third-order valence-corrected chi connectivity index (χ3v) is 5.04. The number of carbonyl (C=O) groups excluding carboxylic acids is 2. The van der Waals surface area contributed by atoms with Gasteiger partial charge in [0.25, 0.3) is 5.91 Å². The van der Waals surface area contributed by atoms with Crippen LogP contribution in [-0.2, 0) is 11.3 Å². The van der Waals surface area contributed by atoms with Crippen molar-refractivity contribution in [3.8, 4) is 0 Å². The van der Waals surface area contributed by atoms with Crippen LogP contribution in [0.3, 0.4) is 0 Å². The number of imide groups is 1. The van der Waals surface area contributed by atoms with Crippen LogP contribution < -0.4 is 10.6 Å². The first-order chi connectivity index (χ1) is 10.1. The summed E-state index contributed by atoms with van der Waals surface area (Å²) in [5.41, 5.74) is -0.620. The number of anilines is 1. The first kappa shape index (κ1) is 14.3. The SMILES string of the molecule is CCCNc1ncc(CN2C(=O)NC3(CCCC3)C2=O)s1. The predicted octanol–water partition coefficient (Wildman–Crippen LogP) is 2.33. The van der Waals surface area contributed by atoms with Gasteiger partial charge in [-0.05, 0) is 19.3 Å². The van der Waals surface area contributed by atoms with Crippen molar-refractivity contribution in [1.29, 1.82) is 0 Å². The fourth-order valence-corrected chi connectivity index (χ4v) is 3.81. The van der Waals surface area contributed by atoms with Gasteiger partial charge in [0.15, 0.2) is 5.13 Å². The van der Waals surface area contributed by atoms with Crippen molar-refractivity contribution in [2.45, 2.75) is 51.1 Å². The number of carbonyl (C=O) groups is 2. The molecule has 2 heterocycles. The van der Waals surface area contributed by atoms with Crippen molar-refractivity contribution in [1.82, 2.24) is 15.2 Å². The van der Waals surface area contributed by atoms with Crippen molar-refractivity contribution in [3.63, 3.8) is 0 Å². The highest BCUT2D eigenvalue weighted by molar-refractivity contribution is 7.15. The lowest BCUT2D eigenvalue weighted by Gasteiger charge is -2.19. The van der Waals surface area contributed by atoms with Gasteiger partial charge in [-0.2, -0.15) is 0 Å². The first-order valence-electron chi connectivity index (χ1n) is 7.47. The van der Waals surface area contributed by atoms with Gasteiger partial charge in [-0.1, -0.05) is 19.8 Å². The van der Waals surface area contributed by atoms with Crippen LogP contribution in [0.2, 0.25) is 0 Å². The molecule has 1 aliphatic carbocycles. The zero-order valence-electron chi connectivity index (χ0n) is 12.1. The van der Waals surface area contributed by atoms with Gasteiger partial charge in [0, 0.05) is 17.6 Å². The Morgan fingerprint density at radius 1 is 1.43 bits per heavy atom. The minimum atomic E-state index is -0.620. The molecule has 1 aromatic heterocycles. The summed E-state index contributed by atoms with van der Waals surface area (Å²) < 4.78 is 0. The molecule has 1 spiro atoms. The van der Waals surface area contributed by atoms with E-state index in [9.17, 15) is 9.59 Å². The van der Waals surface area contributed by atoms with Gasteiger partial charge in [0.1, 0.15) is 5.54 Å². The van der Waals surface area contributed by atoms with E-state index in [1.165, 1.54) is 16.2 Å². The molecule has 2 N–H and O–H groups in total. The smallest absolute Gasteiger partial charge is 0.325 e. The van der Waals surface area contributed by atoms with Gasteiger partial charge in [-0.3, -0.25) is 9.69 Å². The van der Waals surface area contributed by atoms with Crippen LogP contribution in [0, 0.1) is 0 Å². The Labute approximate surface area is 127 Å². The second-order valence-electron chi connectivity index (χ2n) is 5.67. The first-order valence-corrected chi connectivity index (χ1v) is 8.29. The maximum Gasteiger partial charge on any atom is 0.325 e. The van der Waals surface area contributed by atoms with Crippen LogP contribution in [0.1, 0.15) is 43.9 Å². The van der Waals surface area contributed by atoms with Gasteiger partial charge in [-0.25, -0.2) is 9.78 Å². The molecular formula is C14H20N4O2S. The van der Waals surface area contributed by atoms with E-state index in [0.29, 0.717) is 6.54 Å². The van der Waals surface area contributed by atoms with Gasteiger partial charge < -0.3 is 10.6 Å². The second kappa shape index (κ2) is 5.63. The Bertz CT molecular complexity index is 551. The molecule has 6 nitrogen and oxygen atoms in total. The maximum absolute atomic E-state index is 12.5. The van der Waals surface area contributed by atoms with Gasteiger partial charge in [-0.15, -0.1) is 11.3 Å². The van der Waals surface area contributed by atoms with Crippen molar-refractivity contribution in [2.24, 2.45) is 0 Å². The summed E-state index contributed by atoms with van der Waals surface area (Å²) >= 11 is 1.50. The number of nitrogens with one attached hydrogen (secondary N) is 2. The van der Waals surface area contributed by atoms with E-state index in [0.717, 1.165) is 48.7 Å². The van der Waals surface area contributed by atoms with Crippen LogP contribution in [0.4, 0.5) is 9.93 Å². The Hall–Kier alpha value is -1.63.